The van der Waals surface area contributed by atoms with E-state index in [1.165, 1.54) is 0 Å². The van der Waals surface area contributed by atoms with E-state index in [0.29, 0.717) is 23.3 Å². The first-order valence-electron chi connectivity index (χ1n) is 6.51. The third kappa shape index (κ3) is 2.86. The summed E-state index contributed by atoms with van der Waals surface area (Å²) >= 11 is 0. The Morgan fingerprint density at radius 3 is 2.71 bits per heavy atom. The lowest BCUT2D eigenvalue weighted by molar-refractivity contribution is 0.281. The second-order valence-electron chi connectivity index (χ2n) is 4.53. The molecule has 0 saturated heterocycles. The van der Waals surface area contributed by atoms with E-state index < -0.39 is 0 Å². The van der Waals surface area contributed by atoms with Crippen LogP contribution in [0.15, 0.2) is 53.3 Å². The highest BCUT2D eigenvalue weighted by Crippen LogP contribution is 2.17. The fraction of sp³-hybridized carbons (Fsp3) is 0.125. The van der Waals surface area contributed by atoms with Gasteiger partial charge in [0.1, 0.15) is 12.4 Å². The van der Waals surface area contributed by atoms with E-state index in [0.717, 1.165) is 5.56 Å². The summed E-state index contributed by atoms with van der Waals surface area (Å²) in [5.41, 5.74) is 1.33. The van der Waals surface area contributed by atoms with Crippen molar-refractivity contribution in [2.24, 2.45) is 0 Å². The Morgan fingerprint density at radius 2 is 1.95 bits per heavy atom. The molecule has 0 fully saturated rings. The summed E-state index contributed by atoms with van der Waals surface area (Å²) in [5, 5.41) is 0.474. The van der Waals surface area contributed by atoms with Gasteiger partial charge in [0, 0.05) is 0 Å². The van der Waals surface area contributed by atoms with Gasteiger partial charge in [-0.25, -0.2) is 0 Å². The first-order chi connectivity index (χ1) is 10.3. The molecule has 2 aromatic carbocycles. The number of benzene rings is 2. The summed E-state index contributed by atoms with van der Waals surface area (Å²) in [7, 11) is 1.56. The third-order valence-electron chi connectivity index (χ3n) is 3.11. The number of ether oxygens (including phenoxy) is 2. The number of H-pyrrole nitrogens is 1. The minimum atomic E-state index is -0.248. The van der Waals surface area contributed by atoms with E-state index in [9.17, 15) is 4.79 Å². The first-order valence-corrected chi connectivity index (χ1v) is 6.51. The molecule has 3 aromatic rings. The van der Waals surface area contributed by atoms with Crippen LogP contribution in [0.1, 0.15) is 5.56 Å². The van der Waals surface area contributed by atoms with Gasteiger partial charge in [0.15, 0.2) is 0 Å². The molecule has 0 atom stereocenters. The van der Waals surface area contributed by atoms with Crippen LogP contribution in [-0.4, -0.2) is 17.1 Å². The van der Waals surface area contributed by atoms with Gasteiger partial charge in [-0.1, -0.05) is 30.3 Å². The lowest BCUT2D eigenvalue weighted by Gasteiger charge is -2.06. The molecule has 0 aliphatic heterocycles. The van der Waals surface area contributed by atoms with Crippen LogP contribution in [-0.2, 0) is 6.61 Å². The topological polar surface area (TPSA) is 64.2 Å². The van der Waals surface area contributed by atoms with Crippen LogP contribution in [0, 0.1) is 0 Å². The van der Waals surface area contributed by atoms with Gasteiger partial charge in [-0.15, -0.1) is 0 Å². The highest BCUT2D eigenvalue weighted by atomic mass is 16.5. The Labute approximate surface area is 121 Å². The normalized spacial score (nSPS) is 10.5. The Bertz CT molecular complexity index is 813. The number of methoxy groups -OCH3 is 1. The van der Waals surface area contributed by atoms with Gasteiger partial charge in [0.2, 0.25) is 0 Å². The predicted molar refractivity (Wildman–Crippen MR) is 79.7 cm³/mol. The average molecular weight is 282 g/mol. The van der Waals surface area contributed by atoms with E-state index in [2.05, 4.69) is 9.97 Å². The lowest BCUT2D eigenvalue weighted by Crippen LogP contribution is -2.11. The van der Waals surface area contributed by atoms with Gasteiger partial charge in [-0.3, -0.25) is 9.78 Å². The van der Waals surface area contributed by atoms with Gasteiger partial charge < -0.3 is 9.47 Å². The Balaban J connectivity index is 1.88. The molecule has 106 valence electrons. The number of hydrogen-bond donors (Lipinski definition) is 1. The highest BCUT2D eigenvalue weighted by Gasteiger charge is 2.06. The molecule has 0 spiro atoms. The van der Waals surface area contributed by atoms with Crippen molar-refractivity contribution in [2.75, 3.05) is 7.11 Å². The quantitative estimate of drug-likeness (QED) is 0.798. The maximum absolute atomic E-state index is 12.0. The second-order valence-corrected chi connectivity index (χ2v) is 4.53. The van der Waals surface area contributed by atoms with E-state index in [4.69, 9.17) is 9.47 Å². The molecule has 0 saturated carbocycles. The summed E-state index contributed by atoms with van der Waals surface area (Å²) in [6.45, 7) is 0.353. The van der Waals surface area contributed by atoms with Gasteiger partial charge in [-0.2, -0.15) is 4.98 Å². The number of fused-ring (bicyclic) bond motifs is 1. The molecule has 3 rings (SSSR count). The van der Waals surface area contributed by atoms with Crippen LogP contribution in [0.3, 0.4) is 0 Å². The molecule has 0 amide bonds. The number of rotatable bonds is 4. The van der Waals surface area contributed by atoms with E-state index >= 15 is 0 Å². The maximum Gasteiger partial charge on any atom is 0.297 e. The molecule has 5 heteroatoms. The molecule has 0 bridgehead atoms. The smallest absolute Gasteiger partial charge is 0.297 e. The van der Waals surface area contributed by atoms with E-state index in [-0.39, 0.29) is 11.6 Å². The van der Waals surface area contributed by atoms with Crippen LogP contribution in [0.4, 0.5) is 0 Å². The summed E-state index contributed by atoms with van der Waals surface area (Å²) in [6.07, 6.45) is 0. The zero-order valence-electron chi connectivity index (χ0n) is 11.5. The van der Waals surface area contributed by atoms with Crippen molar-refractivity contribution in [3.63, 3.8) is 0 Å². The SMILES string of the molecule is COc1ccc2nc(OCc3ccccc3)[nH]c(=O)c2c1. The fourth-order valence-corrected chi connectivity index (χ4v) is 2.02. The highest BCUT2D eigenvalue weighted by molar-refractivity contribution is 5.79. The summed E-state index contributed by atoms with van der Waals surface area (Å²) in [6, 6.07) is 15.1. The van der Waals surface area contributed by atoms with Crippen molar-refractivity contribution in [1.82, 2.24) is 9.97 Å². The number of hydrogen-bond acceptors (Lipinski definition) is 4. The zero-order valence-corrected chi connectivity index (χ0v) is 11.5. The van der Waals surface area contributed by atoms with Crippen molar-refractivity contribution in [2.45, 2.75) is 6.61 Å². The largest absolute Gasteiger partial charge is 0.497 e. The van der Waals surface area contributed by atoms with Crippen molar-refractivity contribution in [1.29, 1.82) is 0 Å². The van der Waals surface area contributed by atoms with Crippen LogP contribution in [0.2, 0.25) is 0 Å². The Kier molecular flexibility index (Phi) is 3.55. The number of nitrogens with zero attached hydrogens (tertiary/aromatic N) is 1. The molecule has 1 aromatic heterocycles. The molecule has 0 radical (unpaired) electrons. The molecule has 0 unspecified atom stereocenters. The van der Waals surface area contributed by atoms with Crippen LogP contribution < -0.4 is 15.0 Å². The fourth-order valence-electron chi connectivity index (χ4n) is 2.02. The first kappa shape index (κ1) is 13.2. The van der Waals surface area contributed by atoms with Gasteiger partial charge in [0.05, 0.1) is 18.0 Å². The predicted octanol–water partition coefficient (Wildman–Crippen LogP) is 2.51. The van der Waals surface area contributed by atoms with E-state index in [1.807, 2.05) is 30.3 Å². The standard InChI is InChI=1S/C16H14N2O3/c1-20-12-7-8-14-13(9-12)15(19)18-16(17-14)21-10-11-5-3-2-4-6-11/h2-9H,10H2,1H3,(H,17,18,19). The van der Waals surface area contributed by atoms with Crippen molar-refractivity contribution in [3.8, 4) is 11.8 Å². The van der Waals surface area contributed by atoms with Gasteiger partial charge >= 0.3 is 0 Å². The molecular formula is C16H14N2O3. The van der Waals surface area contributed by atoms with Crippen LogP contribution in [0.25, 0.3) is 10.9 Å². The summed E-state index contributed by atoms with van der Waals surface area (Å²) in [5.74, 6) is 0.618. The third-order valence-corrected chi connectivity index (χ3v) is 3.11. The molecule has 1 heterocycles. The lowest BCUT2D eigenvalue weighted by atomic mass is 10.2. The molecule has 21 heavy (non-hydrogen) atoms. The summed E-state index contributed by atoms with van der Waals surface area (Å²) in [4.78, 5) is 19.0. The van der Waals surface area contributed by atoms with E-state index in [1.54, 1.807) is 25.3 Å². The molecule has 0 aliphatic carbocycles. The number of aromatic nitrogens is 2. The Morgan fingerprint density at radius 1 is 1.14 bits per heavy atom. The average Bonchev–Trinajstić information content (AvgIpc) is 2.54. The number of aromatic amines is 1. The van der Waals surface area contributed by atoms with Crippen molar-refractivity contribution < 1.29 is 9.47 Å². The van der Waals surface area contributed by atoms with Crippen LogP contribution >= 0.6 is 0 Å². The van der Waals surface area contributed by atoms with Gasteiger partial charge in [-0.05, 0) is 23.8 Å². The molecular weight excluding hydrogens is 268 g/mol. The molecule has 0 aliphatic rings. The van der Waals surface area contributed by atoms with Crippen molar-refractivity contribution >= 4 is 10.9 Å². The van der Waals surface area contributed by atoms with Crippen molar-refractivity contribution in [3.05, 3.63) is 64.4 Å². The molecule has 1 N–H and O–H groups in total. The van der Waals surface area contributed by atoms with Crippen LogP contribution in [0.5, 0.6) is 11.8 Å². The molecule has 5 nitrogen and oxygen atoms in total. The summed E-state index contributed by atoms with van der Waals surface area (Å²) < 4.78 is 10.6. The van der Waals surface area contributed by atoms with Gasteiger partial charge in [0.25, 0.3) is 11.6 Å². The minimum Gasteiger partial charge on any atom is -0.497 e. The monoisotopic (exact) mass is 282 g/mol. The maximum atomic E-state index is 12.0. The number of nitrogens with one attached hydrogen (secondary N) is 1. The Hall–Kier alpha value is -2.82. The second kappa shape index (κ2) is 5.66. The zero-order chi connectivity index (χ0) is 14.7. The minimum absolute atomic E-state index is 0.210.